The Hall–Kier alpha value is -1.89. The lowest BCUT2D eigenvalue weighted by Gasteiger charge is -2.05. The first-order chi connectivity index (χ1) is 7.70. The molecular weight excluding hydrogens is 199 g/mol. The van der Waals surface area contributed by atoms with Crippen molar-refractivity contribution in [2.45, 2.75) is 6.92 Å². The molecule has 0 aliphatic rings. The highest BCUT2D eigenvalue weighted by Crippen LogP contribution is 2.25. The van der Waals surface area contributed by atoms with Gasteiger partial charge in [-0.3, -0.25) is 0 Å². The largest absolute Gasteiger partial charge is 0.206 e. The Morgan fingerprint density at radius 1 is 1.12 bits per heavy atom. The van der Waals surface area contributed by atoms with Gasteiger partial charge in [0.1, 0.15) is 5.82 Å². The van der Waals surface area contributed by atoms with Gasteiger partial charge in [-0.2, -0.15) is 0 Å². The Kier molecular flexibility index (Phi) is 2.86. The standard InChI is InChI=1S/C15H13F/c1-3-12-7-8-15(16)14(10-12)13-6-4-5-11(2)9-13/h3-10H,1H2,2H3. The highest BCUT2D eigenvalue weighted by atomic mass is 19.1. The molecule has 0 N–H and O–H groups in total. The lowest BCUT2D eigenvalue weighted by molar-refractivity contribution is 0.631. The maximum atomic E-state index is 13.7. The average molecular weight is 212 g/mol. The fraction of sp³-hybridized carbons (Fsp3) is 0.0667. The van der Waals surface area contributed by atoms with Crippen LogP contribution in [0.5, 0.6) is 0 Å². The van der Waals surface area contributed by atoms with E-state index < -0.39 is 0 Å². The van der Waals surface area contributed by atoms with E-state index in [1.54, 1.807) is 12.1 Å². The number of benzene rings is 2. The maximum absolute atomic E-state index is 13.7. The van der Waals surface area contributed by atoms with Gasteiger partial charge in [-0.15, -0.1) is 0 Å². The summed E-state index contributed by atoms with van der Waals surface area (Å²) in [6.45, 7) is 5.69. The lowest BCUT2D eigenvalue weighted by Crippen LogP contribution is -1.86. The zero-order valence-electron chi connectivity index (χ0n) is 9.20. The van der Waals surface area contributed by atoms with Crippen LogP contribution < -0.4 is 0 Å². The van der Waals surface area contributed by atoms with E-state index >= 15 is 0 Å². The monoisotopic (exact) mass is 212 g/mol. The molecule has 2 aromatic rings. The van der Waals surface area contributed by atoms with Crippen LogP contribution in [0.15, 0.2) is 49.0 Å². The van der Waals surface area contributed by atoms with E-state index in [-0.39, 0.29) is 5.82 Å². The summed E-state index contributed by atoms with van der Waals surface area (Å²) >= 11 is 0. The summed E-state index contributed by atoms with van der Waals surface area (Å²) in [5.41, 5.74) is 3.58. The van der Waals surface area contributed by atoms with Crippen molar-refractivity contribution < 1.29 is 4.39 Å². The van der Waals surface area contributed by atoms with Crippen molar-refractivity contribution in [3.05, 3.63) is 66.0 Å². The molecule has 80 valence electrons. The first-order valence-corrected chi connectivity index (χ1v) is 5.20. The topological polar surface area (TPSA) is 0 Å². The molecule has 2 aromatic carbocycles. The molecule has 2 rings (SSSR count). The van der Waals surface area contributed by atoms with Crippen molar-refractivity contribution in [2.75, 3.05) is 0 Å². The molecule has 16 heavy (non-hydrogen) atoms. The van der Waals surface area contributed by atoms with E-state index in [0.717, 1.165) is 16.7 Å². The average Bonchev–Trinajstić information content (AvgIpc) is 2.30. The first kappa shape index (κ1) is 10.6. The zero-order chi connectivity index (χ0) is 11.5. The highest BCUT2D eigenvalue weighted by molar-refractivity contribution is 5.68. The van der Waals surface area contributed by atoms with Gasteiger partial charge in [0.25, 0.3) is 0 Å². The fourth-order valence-electron chi connectivity index (χ4n) is 1.70. The van der Waals surface area contributed by atoms with E-state index in [4.69, 9.17) is 0 Å². The van der Waals surface area contributed by atoms with Crippen LogP contribution in [-0.2, 0) is 0 Å². The van der Waals surface area contributed by atoms with Crippen LogP contribution in [0.3, 0.4) is 0 Å². The van der Waals surface area contributed by atoms with Crippen LogP contribution in [0.4, 0.5) is 4.39 Å². The molecule has 0 aliphatic heterocycles. The van der Waals surface area contributed by atoms with Gasteiger partial charge in [-0.05, 0) is 30.2 Å². The third-order valence-electron chi connectivity index (χ3n) is 2.56. The van der Waals surface area contributed by atoms with Crippen molar-refractivity contribution in [3.8, 4) is 11.1 Å². The molecule has 0 bridgehead atoms. The van der Waals surface area contributed by atoms with Gasteiger partial charge in [-0.25, -0.2) is 4.39 Å². The third-order valence-corrected chi connectivity index (χ3v) is 2.56. The van der Waals surface area contributed by atoms with Crippen molar-refractivity contribution in [3.63, 3.8) is 0 Å². The maximum Gasteiger partial charge on any atom is 0.131 e. The quantitative estimate of drug-likeness (QED) is 0.690. The Bertz CT molecular complexity index is 527. The lowest BCUT2D eigenvalue weighted by atomic mass is 10.0. The van der Waals surface area contributed by atoms with Crippen molar-refractivity contribution in [1.29, 1.82) is 0 Å². The molecule has 0 fully saturated rings. The van der Waals surface area contributed by atoms with Gasteiger partial charge >= 0.3 is 0 Å². The molecule has 0 amide bonds. The predicted octanol–water partition coefficient (Wildman–Crippen LogP) is 4.44. The van der Waals surface area contributed by atoms with Gasteiger partial charge in [0.15, 0.2) is 0 Å². The van der Waals surface area contributed by atoms with E-state index in [1.807, 2.05) is 37.3 Å². The van der Waals surface area contributed by atoms with E-state index in [0.29, 0.717) is 5.56 Å². The van der Waals surface area contributed by atoms with Gasteiger partial charge in [-0.1, -0.05) is 48.6 Å². The molecule has 0 aromatic heterocycles. The zero-order valence-corrected chi connectivity index (χ0v) is 9.20. The second kappa shape index (κ2) is 4.31. The van der Waals surface area contributed by atoms with Crippen LogP contribution in [0.1, 0.15) is 11.1 Å². The Morgan fingerprint density at radius 2 is 1.94 bits per heavy atom. The van der Waals surface area contributed by atoms with Crippen LogP contribution in [0.2, 0.25) is 0 Å². The minimum atomic E-state index is -0.198. The van der Waals surface area contributed by atoms with Gasteiger partial charge in [0, 0.05) is 5.56 Å². The number of aryl methyl sites for hydroxylation is 1. The summed E-state index contributed by atoms with van der Waals surface area (Å²) in [7, 11) is 0. The fourth-order valence-corrected chi connectivity index (χ4v) is 1.70. The molecule has 1 heteroatoms. The molecule has 0 atom stereocenters. The third kappa shape index (κ3) is 2.03. The molecule has 0 saturated carbocycles. The first-order valence-electron chi connectivity index (χ1n) is 5.20. The number of hydrogen-bond donors (Lipinski definition) is 0. The van der Waals surface area contributed by atoms with Crippen LogP contribution in [0, 0.1) is 12.7 Å². The van der Waals surface area contributed by atoms with Gasteiger partial charge in [0.2, 0.25) is 0 Å². The number of hydrogen-bond acceptors (Lipinski definition) is 0. The summed E-state index contributed by atoms with van der Waals surface area (Å²) in [5.74, 6) is -0.198. The molecule has 0 saturated heterocycles. The molecule has 0 heterocycles. The van der Waals surface area contributed by atoms with E-state index in [9.17, 15) is 4.39 Å². The minimum Gasteiger partial charge on any atom is -0.206 e. The summed E-state index contributed by atoms with van der Waals surface area (Å²) in [4.78, 5) is 0. The van der Waals surface area contributed by atoms with Crippen molar-refractivity contribution in [1.82, 2.24) is 0 Å². The number of halogens is 1. The number of rotatable bonds is 2. The predicted molar refractivity (Wildman–Crippen MR) is 66.7 cm³/mol. The minimum absolute atomic E-state index is 0.198. The molecule has 0 nitrogen and oxygen atoms in total. The second-order valence-electron chi connectivity index (χ2n) is 3.81. The Morgan fingerprint density at radius 3 is 2.62 bits per heavy atom. The molecule has 0 radical (unpaired) electrons. The van der Waals surface area contributed by atoms with E-state index in [1.165, 1.54) is 6.07 Å². The summed E-state index contributed by atoms with van der Waals surface area (Å²) < 4.78 is 13.7. The summed E-state index contributed by atoms with van der Waals surface area (Å²) in [5, 5.41) is 0. The van der Waals surface area contributed by atoms with Crippen LogP contribution in [0.25, 0.3) is 17.2 Å². The Balaban J connectivity index is 2.58. The molecular formula is C15H13F. The van der Waals surface area contributed by atoms with E-state index in [2.05, 4.69) is 6.58 Å². The summed E-state index contributed by atoms with van der Waals surface area (Å²) in [6, 6.07) is 12.8. The molecule has 0 unspecified atom stereocenters. The van der Waals surface area contributed by atoms with Crippen LogP contribution >= 0.6 is 0 Å². The normalized spacial score (nSPS) is 10.1. The van der Waals surface area contributed by atoms with Crippen LogP contribution in [-0.4, -0.2) is 0 Å². The van der Waals surface area contributed by atoms with Gasteiger partial charge < -0.3 is 0 Å². The van der Waals surface area contributed by atoms with Crippen molar-refractivity contribution >= 4 is 6.08 Å². The Labute approximate surface area is 95.1 Å². The summed E-state index contributed by atoms with van der Waals surface area (Å²) in [6.07, 6.45) is 1.72. The smallest absolute Gasteiger partial charge is 0.131 e. The SMILES string of the molecule is C=Cc1ccc(F)c(-c2cccc(C)c2)c1. The van der Waals surface area contributed by atoms with Gasteiger partial charge in [0.05, 0.1) is 0 Å². The molecule has 0 aliphatic carbocycles. The highest BCUT2D eigenvalue weighted by Gasteiger charge is 2.05. The van der Waals surface area contributed by atoms with Crippen molar-refractivity contribution in [2.24, 2.45) is 0 Å². The molecule has 0 spiro atoms. The second-order valence-corrected chi connectivity index (χ2v) is 3.81.